The number of carbonyl (C=O) groups excluding carboxylic acids is 2. The largest absolute Gasteiger partial charge is 0.371 e. The topological polar surface area (TPSA) is 117 Å². The number of rotatable bonds is 7. The van der Waals surface area contributed by atoms with Crippen LogP contribution in [0.2, 0.25) is 0 Å². The van der Waals surface area contributed by atoms with Gasteiger partial charge in [-0.15, -0.1) is 0 Å². The van der Waals surface area contributed by atoms with Gasteiger partial charge < -0.3 is 15.5 Å². The maximum Gasteiger partial charge on any atom is 0.273 e. The highest BCUT2D eigenvalue weighted by Gasteiger charge is 2.21. The summed E-state index contributed by atoms with van der Waals surface area (Å²) < 4.78 is 0. The number of nitro benzene ring substituents is 1. The number of carbonyl (C=O) groups is 2. The molecule has 4 rings (SSSR count). The summed E-state index contributed by atoms with van der Waals surface area (Å²) in [6.45, 7) is 3.67. The van der Waals surface area contributed by atoms with Gasteiger partial charge in [0.15, 0.2) is 0 Å². The van der Waals surface area contributed by atoms with Crippen molar-refractivity contribution in [2.45, 2.75) is 26.3 Å². The second-order valence-corrected chi connectivity index (χ2v) is 8.18. The third-order valence-corrected chi connectivity index (χ3v) is 5.79. The fraction of sp³-hybridized carbons (Fsp3) is 0.240. The average Bonchev–Trinajstić information content (AvgIpc) is 3.38. The Morgan fingerprint density at radius 3 is 2.59 bits per heavy atom. The predicted molar refractivity (Wildman–Crippen MR) is 129 cm³/mol. The monoisotopic (exact) mass is 459 g/mol. The Kier molecular flexibility index (Phi) is 6.82. The van der Waals surface area contributed by atoms with E-state index in [-0.39, 0.29) is 17.2 Å². The molecule has 9 heteroatoms. The predicted octanol–water partition coefficient (Wildman–Crippen LogP) is 4.08. The third-order valence-electron chi connectivity index (χ3n) is 5.79. The molecule has 2 amide bonds. The van der Waals surface area contributed by atoms with Crippen molar-refractivity contribution in [2.75, 3.05) is 23.3 Å². The zero-order chi connectivity index (χ0) is 24.1. The number of hydrogen-bond acceptors (Lipinski definition) is 6. The number of nitro groups is 1. The molecule has 2 aromatic carbocycles. The Bertz CT molecular complexity index is 1220. The molecule has 1 aliphatic heterocycles. The van der Waals surface area contributed by atoms with Crippen LogP contribution < -0.4 is 15.5 Å². The molecule has 1 aromatic heterocycles. The lowest BCUT2D eigenvalue weighted by atomic mass is 10.1. The lowest BCUT2D eigenvalue weighted by molar-refractivity contribution is -0.385. The number of pyridine rings is 1. The molecule has 0 saturated carbocycles. The molecule has 174 valence electrons. The van der Waals surface area contributed by atoms with E-state index in [0.717, 1.165) is 37.2 Å². The van der Waals surface area contributed by atoms with Crippen molar-refractivity contribution in [2.24, 2.45) is 0 Å². The lowest BCUT2D eigenvalue weighted by Crippen LogP contribution is -2.27. The molecule has 0 aliphatic carbocycles. The quantitative estimate of drug-likeness (QED) is 0.406. The number of aryl methyl sites for hydroxylation is 1. The van der Waals surface area contributed by atoms with Crippen molar-refractivity contribution in [3.8, 4) is 0 Å². The fourth-order valence-electron chi connectivity index (χ4n) is 3.96. The third kappa shape index (κ3) is 5.20. The van der Waals surface area contributed by atoms with Gasteiger partial charge in [0.05, 0.1) is 10.5 Å². The first-order chi connectivity index (χ1) is 16.4. The first-order valence-corrected chi connectivity index (χ1v) is 11.0. The Morgan fingerprint density at radius 1 is 1.09 bits per heavy atom. The van der Waals surface area contributed by atoms with Crippen molar-refractivity contribution in [3.63, 3.8) is 0 Å². The van der Waals surface area contributed by atoms with Gasteiger partial charge in [0.1, 0.15) is 0 Å². The molecular weight excluding hydrogens is 434 g/mol. The van der Waals surface area contributed by atoms with Crippen molar-refractivity contribution in [3.05, 3.63) is 93.3 Å². The summed E-state index contributed by atoms with van der Waals surface area (Å²) in [5, 5.41) is 16.9. The van der Waals surface area contributed by atoms with Gasteiger partial charge in [-0.1, -0.05) is 12.1 Å². The summed E-state index contributed by atoms with van der Waals surface area (Å²) in [5.41, 5.74) is 3.11. The van der Waals surface area contributed by atoms with Gasteiger partial charge in [0, 0.05) is 60.6 Å². The maximum absolute atomic E-state index is 13.1. The molecular formula is C25H25N5O4. The van der Waals surface area contributed by atoms with E-state index in [1.54, 1.807) is 37.5 Å². The first-order valence-electron chi connectivity index (χ1n) is 11.0. The molecule has 0 bridgehead atoms. The highest BCUT2D eigenvalue weighted by Crippen LogP contribution is 2.28. The van der Waals surface area contributed by atoms with E-state index in [1.807, 2.05) is 18.2 Å². The Hall–Kier alpha value is -4.27. The highest BCUT2D eigenvalue weighted by molar-refractivity contribution is 6.06. The Labute approximate surface area is 197 Å². The first kappa shape index (κ1) is 22.9. The van der Waals surface area contributed by atoms with Crippen molar-refractivity contribution in [1.29, 1.82) is 0 Å². The van der Waals surface area contributed by atoms with Gasteiger partial charge in [-0.3, -0.25) is 24.7 Å². The van der Waals surface area contributed by atoms with Gasteiger partial charge in [-0.05, 0) is 55.7 Å². The lowest BCUT2D eigenvalue weighted by Gasteiger charge is -2.22. The van der Waals surface area contributed by atoms with Crippen LogP contribution in [0.3, 0.4) is 0 Å². The van der Waals surface area contributed by atoms with Crippen LogP contribution >= 0.6 is 0 Å². The molecule has 3 aromatic rings. The molecule has 9 nitrogen and oxygen atoms in total. The Balaban J connectivity index is 1.57. The summed E-state index contributed by atoms with van der Waals surface area (Å²) in [4.78, 5) is 42.8. The van der Waals surface area contributed by atoms with E-state index >= 15 is 0 Å². The van der Waals surface area contributed by atoms with Crippen molar-refractivity contribution in [1.82, 2.24) is 10.3 Å². The molecule has 2 heterocycles. The molecule has 0 radical (unpaired) electrons. The van der Waals surface area contributed by atoms with Gasteiger partial charge in [0.2, 0.25) is 0 Å². The molecule has 34 heavy (non-hydrogen) atoms. The summed E-state index contributed by atoms with van der Waals surface area (Å²) in [7, 11) is 0. The number of amides is 2. The molecule has 0 unspecified atom stereocenters. The zero-order valence-corrected chi connectivity index (χ0v) is 18.8. The van der Waals surface area contributed by atoms with E-state index in [1.165, 1.54) is 12.1 Å². The van der Waals surface area contributed by atoms with E-state index in [4.69, 9.17) is 0 Å². The van der Waals surface area contributed by atoms with Gasteiger partial charge in [0.25, 0.3) is 17.5 Å². The Morgan fingerprint density at radius 2 is 1.88 bits per heavy atom. The summed E-state index contributed by atoms with van der Waals surface area (Å²) in [5.74, 6) is -0.744. The van der Waals surface area contributed by atoms with Crippen LogP contribution in [0.5, 0.6) is 0 Å². The second kappa shape index (κ2) is 10.1. The minimum absolute atomic E-state index is 0.118. The van der Waals surface area contributed by atoms with E-state index < -0.39 is 10.8 Å². The second-order valence-electron chi connectivity index (χ2n) is 8.18. The van der Waals surface area contributed by atoms with Crippen LogP contribution in [0.15, 0.2) is 60.9 Å². The molecule has 0 spiro atoms. The molecule has 1 fully saturated rings. The molecule has 2 N–H and O–H groups in total. The normalized spacial score (nSPS) is 12.9. The number of nitrogens with zero attached hydrogens (tertiary/aromatic N) is 3. The van der Waals surface area contributed by atoms with Crippen LogP contribution in [0.1, 0.15) is 44.7 Å². The number of hydrogen-bond donors (Lipinski definition) is 2. The molecule has 1 saturated heterocycles. The number of anilines is 2. The van der Waals surface area contributed by atoms with E-state index in [9.17, 15) is 19.7 Å². The fourth-order valence-corrected chi connectivity index (χ4v) is 3.96. The maximum atomic E-state index is 13.1. The minimum atomic E-state index is -0.512. The molecule has 0 atom stereocenters. The van der Waals surface area contributed by atoms with E-state index in [2.05, 4.69) is 20.5 Å². The summed E-state index contributed by atoms with van der Waals surface area (Å²) >= 11 is 0. The standard InChI is InChI=1S/C25H25N5O4/c1-17-6-7-19(13-23(17)30(33)34)24(31)28-20-8-9-22(29-11-2-3-12-29)21(14-20)25(32)27-16-18-5-4-10-26-15-18/h4-10,13-15H,2-3,11-12,16H2,1H3,(H,27,32)(H,28,31). The summed E-state index contributed by atoms with van der Waals surface area (Å²) in [6, 6.07) is 13.2. The number of aromatic nitrogens is 1. The van der Waals surface area contributed by atoms with Crippen LogP contribution in [0.4, 0.5) is 17.1 Å². The van der Waals surface area contributed by atoms with Crippen LogP contribution in [-0.2, 0) is 6.54 Å². The van der Waals surface area contributed by atoms with Crippen LogP contribution in [-0.4, -0.2) is 34.8 Å². The van der Waals surface area contributed by atoms with Gasteiger partial charge in [-0.25, -0.2) is 0 Å². The van der Waals surface area contributed by atoms with Crippen molar-refractivity contribution >= 4 is 28.9 Å². The van der Waals surface area contributed by atoms with Crippen LogP contribution in [0.25, 0.3) is 0 Å². The van der Waals surface area contributed by atoms with Crippen LogP contribution in [0, 0.1) is 17.0 Å². The number of nitrogens with one attached hydrogen (secondary N) is 2. The van der Waals surface area contributed by atoms with E-state index in [0.29, 0.717) is 23.4 Å². The zero-order valence-electron chi connectivity index (χ0n) is 18.8. The SMILES string of the molecule is Cc1ccc(C(=O)Nc2ccc(N3CCCC3)c(C(=O)NCc3cccnc3)c2)cc1[N+](=O)[O-]. The summed E-state index contributed by atoms with van der Waals surface area (Å²) in [6.07, 6.45) is 5.48. The minimum Gasteiger partial charge on any atom is -0.371 e. The molecule has 1 aliphatic rings. The number of benzene rings is 2. The van der Waals surface area contributed by atoms with Gasteiger partial charge >= 0.3 is 0 Å². The van der Waals surface area contributed by atoms with Crippen molar-refractivity contribution < 1.29 is 14.5 Å². The average molecular weight is 460 g/mol. The smallest absolute Gasteiger partial charge is 0.273 e. The highest BCUT2D eigenvalue weighted by atomic mass is 16.6. The van der Waals surface area contributed by atoms with Gasteiger partial charge in [-0.2, -0.15) is 0 Å².